The summed E-state index contributed by atoms with van der Waals surface area (Å²) in [6.45, 7) is 3.37. The summed E-state index contributed by atoms with van der Waals surface area (Å²) < 4.78 is 31.5. The fourth-order valence-corrected chi connectivity index (χ4v) is 3.11. The van der Waals surface area contributed by atoms with Crippen molar-refractivity contribution in [1.82, 2.24) is 10.6 Å². The van der Waals surface area contributed by atoms with Crippen molar-refractivity contribution in [2.45, 2.75) is 13.3 Å². The summed E-state index contributed by atoms with van der Waals surface area (Å²) in [4.78, 5) is 25.8. The zero-order chi connectivity index (χ0) is 19.4. The first-order valence-corrected chi connectivity index (χ1v) is 8.73. The van der Waals surface area contributed by atoms with Gasteiger partial charge in [0.2, 0.25) is 5.91 Å². The Hall–Kier alpha value is -2.90. The van der Waals surface area contributed by atoms with Crippen molar-refractivity contribution in [2.75, 3.05) is 31.1 Å². The minimum absolute atomic E-state index is 0.122. The molecule has 0 unspecified atom stereocenters. The van der Waals surface area contributed by atoms with E-state index >= 15 is 0 Å². The molecule has 1 atom stereocenters. The number of anilines is 1. The SMILES string of the molecule is Cc1occc1C(=O)NCC(=O)NC[C@H]1CCN(c2ccc(F)c(F)c2)C1. The number of hydrogen-bond acceptors (Lipinski definition) is 4. The summed E-state index contributed by atoms with van der Waals surface area (Å²) in [5.41, 5.74) is 1.03. The smallest absolute Gasteiger partial charge is 0.255 e. The molecular formula is C19H21F2N3O3. The Balaban J connectivity index is 1.41. The van der Waals surface area contributed by atoms with Crippen LogP contribution in [-0.4, -0.2) is 38.0 Å². The van der Waals surface area contributed by atoms with Crippen molar-refractivity contribution in [2.24, 2.45) is 5.92 Å². The third-order valence-electron chi connectivity index (χ3n) is 4.66. The molecule has 8 heteroatoms. The normalized spacial score (nSPS) is 16.4. The number of amides is 2. The van der Waals surface area contributed by atoms with Crippen LogP contribution in [0.15, 0.2) is 34.9 Å². The number of carbonyl (C=O) groups is 2. The molecule has 144 valence electrons. The minimum atomic E-state index is -0.868. The van der Waals surface area contributed by atoms with Gasteiger partial charge in [0.15, 0.2) is 11.6 Å². The molecule has 1 saturated heterocycles. The molecule has 1 aliphatic heterocycles. The second kappa shape index (κ2) is 8.20. The van der Waals surface area contributed by atoms with E-state index in [-0.39, 0.29) is 24.3 Å². The van der Waals surface area contributed by atoms with Gasteiger partial charge in [-0.2, -0.15) is 0 Å². The second-order valence-electron chi connectivity index (χ2n) is 6.58. The highest BCUT2D eigenvalue weighted by atomic mass is 19.2. The van der Waals surface area contributed by atoms with Gasteiger partial charge in [-0.25, -0.2) is 8.78 Å². The number of halogens is 2. The van der Waals surface area contributed by atoms with Crippen LogP contribution in [0.5, 0.6) is 0 Å². The Kier molecular flexibility index (Phi) is 5.73. The topological polar surface area (TPSA) is 74.6 Å². The van der Waals surface area contributed by atoms with Crippen LogP contribution < -0.4 is 15.5 Å². The minimum Gasteiger partial charge on any atom is -0.469 e. The molecule has 0 spiro atoms. The molecule has 2 amide bonds. The highest BCUT2D eigenvalue weighted by molar-refractivity contribution is 5.97. The standard InChI is InChI=1S/C19H21F2N3O3/c1-12-15(5-7-27-12)19(26)23-10-18(25)22-9-13-4-6-24(11-13)14-2-3-16(20)17(21)8-14/h2-3,5,7-8,13H,4,6,9-11H2,1H3,(H,22,25)(H,23,26)/t13-/m1/s1. The Morgan fingerprint density at radius 1 is 1.22 bits per heavy atom. The number of rotatable bonds is 6. The van der Waals surface area contributed by atoms with Crippen LogP contribution in [0.2, 0.25) is 0 Å². The fraction of sp³-hybridized carbons (Fsp3) is 0.368. The Morgan fingerprint density at radius 3 is 2.74 bits per heavy atom. The van der Waals surface area contributed by atoms with Gasteiger partial charge in [-0.15, -0.1) is 0 Å². The second-order valence-corrected chi connectivity index (χ2v) is 6.58. The van der Waals surface area contributed by atoms with Crippen molar-refractivity contribution >= 4 is 17.5 Å². The summed E-state index contributed by atoms with van der Waals surface area (Å²) in [6.07, 6.45) is 2.25. The largest absolute Gasteiger partial charge is 0.469 e. The number of carbonyl (C=O) groups excluding carboxylic acids is 2. The maximum absolute atomic E-state index is 13.4. The van der Waals surface area contributed by atoms with Gasteiger partial charge in [0.25, 0.3) is 5.91 Å². The van der Waals surface area contributed by atoms with Crippen molar-refractivity contribution in [1.29, 1.82) is 0 Å². The van der Waals surface area contributed by atoms with Crippen LogP contribution in [-0.2, 0) is 4.79 Å². The van der Waals surface area contributed by atoms with Gasteiger partial charge in [-0.3, -0.25) is 9.59 Å². The molecule has 1 fully saturated rings. The lowest BCUT2D eigenvalue weighted by Crippen LogP contribution is -2.39. The average Bonchev–Trinajstić information content (AvgIpc) is 3.29. The fourth-order valence-electron chi connectivity index (χ4n) is 3.11. The van der Waals surface area contributed by atoms with Gasteiger partial charge in [-0.1, -0.05) is 0 Å². The maximum atomic E-state index is 13.4. The number of nitrogens with zero attached hydrogens (tertiary/aromatic N) is 1. The lowest BCUT2D eigenvalue weighted by molar-refractivity contribution is -0.120. The Bertz CT molecular complexity index is 837. The van der Waals surface area contributed by atoms with Crippen molar-refractivity contribution in [3.05, 3.63) is 53.5 Å². The molecule has 2 N–H and O–H groups in total. The number of hydrogen-bond donors (Lipinski definition) is 2. The van der Waals surface area contributed by atoms with E-state index < -0.39 is 11.6 Å². The molecule has 1 aromatic heterocycles. The van der Waals surface area contributed by atoms with Gasteiger partial charge in [0.05, 0.1) is 18.4 Å². The molecule has 0 bridgehead atoms. The van der Waals surface area contributed by atoms with Crippen LogP contribution >= 0.6 is 0 Å². The number of benzene rings is 1. The van der Waals surface area contributed by atoms with E-state index in [1.807, 2.05) is 4.90 Å². The van der Waals surface area contributed by atoms with E-state index in [0.717, 1.165) is 12.5 Å². The van der Waals surface area contributed by atoms with Gasteiger partial charge < -0.3 is 20.0 Å². The quantitative estimate of drug-likeness (QED) is 0.810. The lowest BCUT2D eigenvalue weighted by Gasteiger charge is -2.19. The summed E-state index contributed by atoms with van der Waals surface area (Å²) in [5.74, 6) is -1.68. The molecule has 27 heavy (non-hydrogen) atoms. The average molecular weight is 377 g/mol. The molecule has 6 nitrogen and oxygen atoms in total. The molecule has 1 aliphatic rings. The van der Waals surface area contributed by atoms with E-state index in [1.165, 1.54) is 12.3 Å². The van der Waals surface area contributed by atoms with Crippen LogP contribution in [0.25, 0.3) is 0 Å². The predicted octanol–water partition coefficient (Wildman–Crippen LogP) is 2.24. The van der Waals surface area contributed by atoms with E-state index in [1.54, 1.807) is 19.1 Å². The zero-order valence-corrected chi connectivity index (χ0v) is 14.9. The first-order chi connectivity index (χ1) is 12.9. The molecule has 2 aromatic rings. The van der Waals surface area contributed by atoms with E-state index in [4.69, 9.17) is 4.42 Å². The van der Waals surface area contributed by atoms with Crippen molar-refractivity contribution in [3.63, 3.8) is 0 Å². The first-order valence-electron chi connectivity index (χ1n) is 8.73. The van der Waals surface area contributed by atoms with Gasteiger partial charge in [0, 0.05) is 31.4 Å². The van der Waals surface area contributed by atoms with Gasteiger partial charge in [-0.05, 0) is 37.5 Å². The number of nitrogens with one attached hydrogen (secondary N) is 2. The molecule has 3 rings (SSSR count). The Morgan fingerprint density at radius 2 is 2.04 bits per heavy atom. The molecule has 0 radical (unpaired) electrons. The molecule has 0 aliphatic carbocycles. The molecule has 0 saturated carbocycles. The summed E-state index contributed by atoms with van der Waals surface area (Å²) in [5, 5.41) is 5.34. The molecule has 2 heterocycles. The zero-order valence-electron chi connectivity index (χ0n) is 14.9. The van der Waals surface area contributed by atoms with Crippen molar-refractivity contribution in [3.8, 4) is 0 Å². The van der Waals surface area contributed by atoms with E-state index in [2.05, 4.69) is 10.6 Å². The van der Waals surface area contributed by atoms with Crippen LogP contribution in [0, 0.1) is 24.5 Å². The number of aryl methyl sites for hydroxylation is 1. The monoisotopic (exact) mass is 377 g/mol. The van der Waals surface area contributed by atoms with Crippen LogP contribution in [0.3, 0.4) is 0 Å². The lowest BCUT2D eigenvalue weighted by atomic mass is 10.1. The summed E-state index contributed by atoms with van der Waals surface area (Å²) in [7, 11) is 0. The van der Waals surface area contributed by atoms with Crippen molar-refractivity contribution < 1.29 is 22.8 Å². The molecular weight excluding hydrogens is 356 g/mol. The van der Waals surface area contributed by atoms with E-state index in [9.17, 15) is 18.4 Å². The van der Waals surface area contributed by atoms with Crippen LogP contribution in [0.1, 0.15) is 22.5 Å². The predicted molar refractivity (Wildman–Crippen MR) is 95.5 cm³/mol. The van der Waals surface area contributed by atoms with Gasteiger partial charge in [0.1, 0.15) is 5.76 Å². The summed E-state index contributed by atoms with van der Waals surface area (Å²) >= 11 is 0. The third kappa shape index (κ3) is 4.64. The third-order valence-corrected chi connectivity index (χ3v) is 4.66. The highest BCUT2D eigenvalue weighted by Gasteiger charge is 2.24. The summed E-state index contributed by atoms with van der Waals surface area (Å²) in [6, 6.07) is 5.40. The molecule has 1 aromatic carbocycles. The number of furan rings is 1. The Labute approximate surface area is 155 Å². The van der Waals surface area contributed by atoms with E-state index in [0.29, 0.717) is 36.6 Å². The first kappa shape index (κ1) is 18.9. The van der Waals surface area contributed by atoms with Crippen LogP contribution in [0.4, 0.5) is 14.5 Å². The maximum Gasteiger partial charge on any atom is 0.255 e. The highest BCUT2D eigenvalue weighted by Crippen LogP contribution is 2.24. The van der Waals surface area contributed by atoms with Gasteiger partial charge >= 0.3 is 0 Å².